The number of anilines is 1. The van der Waals surface area contributed by atoms with Gasteiger partial charge in [0.15, 0.2) is 0 Å². The molecule has 2 rings (SSSR count). The van der Waals surface area contributed by atoms with Gasteiger partial charge in [0, 0.05) is 48.4 Å². The van der Waals surface area contributed by atoms with Crippen LogP contribution in [0, 0.1) is 6.92 Å². The topological polar surface area (TPSA) is 41.1 Å². The third kappa shape index (κ3) is 4.09. The van der Waals surface area contributed by atoms with Gasteiger partial charge in [-0.15, -0.1) is 0 Å². The molecule has 20 heavy (non-hydrogen) atoms. The molecule has 5 heteroatoms. The summed E-state index contributed by atoms with van der Waals surface area (Å²) in [6.07, 6.45) is 3.20. The van der Waals surface area contributed by atoms with Crippen LogP contribution in [0.5, 0.6) is 0 Å². The molecule has 0 aliphatic carbocycles. The Morgan fingerprint density at radius 1 is 1.45 bits per heavy atom. The number of thioether (sulfide) groups is 1. The molecule has 1 saturated heterocycles. The summed E-state index contributed by atoms with van der Waals surface area (Å²) in [6, 6.07) is 0.581. The van der Waals surface area contributed by atoms with Crippen LogP contribution in [0.15, 0.2) is 6.20 Å². The molecule has 2 heterocycles. The third-order valence-electron chi connectivity index (χ3n) is 3.65. The van der Waals surface area contributed by atoms with E-state index in [1.165, 1.54) is 23.5 Å². The third-order valence-corrected chi connectivity index (χ3v) is 4.79. The summed E-state index contributed by atoms with van der Waals surface area (Å²) in [7, 11) is 2.11. The van der Waals surface area contributed by atoms with Crippen molar-refractivity contribution in [3.63, 3.8) is 0 Å². The zero-order chi connectivity index (χ0) is 14.8. The second-order valence-corrected chi connectivity index (χ2v) is 7.66. The largest absolute Gasteiger partial charge is 0.340 e. The van der Waals surface area contributed by atoms with Crippen molar-refractivity contribution in [1.29, 1.82) is 0 Å². The minimum atomic E-state index is 0.114. The predicted molar refractivity (Wildman–Crippen MR) is 87.5 cm³/mol. The Balaban J connectivity index is 2.05. The van der Waals surface area contributed by atoms with Gasteiger partial charge < -0.3 is 10.2 Å². The standard InChI is InChI=1S/C15H26N4S/c1-11-12(9-17-15(2,3)4)8-16-14(18-11)19(5)13-6-7-20-10-13/h8,13,17H,6-7,9-10H2,1-5H3. The Bertz CT molecular complexity index is 450. The van der Waals surface area contributed by atoms with Gasteiger partial charge >= 0.3 is 0 Å². The number of aryl methyl sites for hydroxylation is 1. The first-order chi connectivity index (χ1) is 9.37. The van der Waals surface area contributed by atoms with Gasteiger partial charge in [0.1, 0.15) is 0 Å². The van der Waals surface area contributed by atoms with Gasteiger partial charge in [-0.05, 0) is 39.9 Å². The molecule has 4 nitrogen and oxygen atoms in total. The van der Waals surface area contributed by atoms with Crippen LogP contribution in [0.2, 0.25) is 0 Å². The fraction of sp³-hybridized carbons (Fsp3) is 0.733. The minimum absolute atomic E-state index is 0.114. The number of rotatable bonds is 4. The highest BCUT2D eigenvalue weighted by atomic mass is 32.2. The fourth-order valence-electron chi connectivity index (χ4n) is 2.17. The summed E-state index contributed by atoms with van der Waals surface area (Å²) in [6.45, 7) is 9.40. The van der Waals surface area contributed by atoms with Gasteiger partial charge in [-0.3, -0.25) is 0 Å². The monoisotopic (exact) mass is 294 g/mol. The zero-order valence-corrected chi connectivity index (χ0v) is 14.0. The zero-order valence-electron chi connectivity index (χ0n) is 13.2. The van der Waals surface area contributed by atoms with Crippen LogP contribution < -0.4 is 10.2 Å². The van der Waals surface area contributed by atoms with Gasteiger partial charge in [-0.25, -0.2) is 9.97 Å². The molecule has 0 spiro atoms. The smallest absolute Gasteiger partial charge is 0.225 e. The highest BCUT2D eigenvalue weighted by Gasteiger charge is 2.22. The first kappa shape index (κ1) is 15.6. The summed E-state index contributed by atoms with van der Waals surface area (Å²) in [5.41, 5.74) is 2.37. The van der Waals surface area contributed by atoms with Crippen molar-refractivity contribution in [2.75, 3.05) is 23.5 Å². The molecule has 1 aliphatic heterocycles. The lowest BCUT2D eigenvalue weighted by Gasteiger charge is -2.25. The predicted octanol–water partition coefficient (Wildman–Crippen LogP) is 2.61. The van der Waals surface area contributed by atoms with E-state index in [4.69, 9.17) is 0 Å². The lowest BCUT2D eigenvalue weighted by molar-refractivity contribution is 0.423. The fourth-order valence-corrected chi connectivity index (χ4v) is 3.44. The molecule has 1 aromatic heterocycles. The maximum atomic E-state index is 4.68. The summed E-state index contributed by atoms with van der Waals surface area (Å²) >= 11 is 2.02. The van der Waals surface area contributed by atoms with Crippen molar-refractivity contribution >= 4 is 17.7 Å². The Labute approximate surface area is 126 Å². The van der Waals surface area contributed by atoms with Crippen molar-refractivity contribution in [1.82, 2.24) is 15.3 Å². The number of hydrogen-bond acceptors (Lipinski definition) is 5. The minimum Gasteiger partial charge on any atom is -0.340 e. The van der Waals surface area contributed by atoms with Crippen LogP contribution in [-0.2, 0) is 6.54 Å². The molecule has 1 aliphatic rings. The van der Waals surface area contributed by atoms with Crippen molar-refractivity contribution in [2.24, 2.45) is 0 Å². The van der Waals surface area contributed by atoms with Gasteiger partial charge in [-0.2, -0.15) is 11.8 Å². The molecule has 1 atom stereocenters. The van der Waals surface area contributed by atoms with Crippen LogP contribution in [0.4, 0.5) is 5.95 Å². The van der Waals surface area contributed by atoms with E-state index < -0.39 is 0 Å². The van der Waals surface area contributed by atoms with Gasteiger partial charge in [-0.1, -0.05) is 0 Å². The van der Waals surface area contributed by atoms with Crippen LogP contribution in [-0.4, -0.2) is 40.1 Å². The van der Waals surface area contributed by atoms with Crippen molar-refractivity contribution < 1.29 is 0 Å². The van der Waals surface area contributed by atoms with Crippen molar-refractivity contribution in [3.05, 3.63) is 17.5 Å². The van der Waals surface area contributed by atoms with E-state index in [0.29, 0.717) is 6.04 Å². The van der Waals surface area contributed by atoms with E-state index in [1.54, 1.807) is 0 Å². The first-order valence-electron chi connectivity index (χ1n) is 7.25. The molecule has 0 saturated carbocycles. The first-order valence-corrected chi connectivity index (χ1v) is 8.40. The number of nitrogens with zero attached hydrogens (tertiary/aromatic N) is 3. The molecular weight excluding hydrogens is 268 g/mol. The molecule has 112 valence electrons. The Kier molecular flexibility index (Phi) is 4.91. The van der Waals surface area contributed by atoms with E-state index in [2.05, 4.69) is 54.9 Å². The van der Waals surface area contributed by atoms with Crippen LogP contribution in [0.1, 0.15) is 38.4 Å². The van der Waals surface area contributed by atoms with Crippen LogP contribution >= 0.6 is 11.8 Å². The quantitative estimate of drug-likeness (QED) is 0.924. The van der Waals surface area contributed by atoms with Gasteiger partial charge in [0.25, 0.3) is 0 Å². The van der Waals surface area contributed by atoms with E-state index in [-0.39, 0.29) is 5.54 Å². The van der Waals surface area contributed by atoms with Crippen LogP contribution in [0.25, 0.3) is 0 Å². The van der Waals surface area contributed by atoms with Crippen LogP contribution in [0.3, 0.4) is 0 Å². The van der Waals surface area contributed by atoms with E-state index in [9.17, 15) is 0 Å². The van der Waals surface area contributed by atoms with Crippen molar-refractivity contribution in [3.8, 4) is 0 Å². The Hall–Kier alpha value is -0.810. The SMILES string of the molecule is Cc1nc(N(C)C2CCSC2)ncc1CNC(C)(C)C. The lowest BCUT2D eigenvalue weighted by atomic mass is 10.1. The van der Waals surface area contributed by atoms with Gasteiger partial charge in [0.2, 0.25) is 5.95 Å². The Morgan fingerprint density at radius 3 is 2.75 bits per heavy atom. The number of nitrogens with one attached hydrogen (secondary N) is 1. The average Bonchev–Trinajstić information content (AvgIpc) is 2.89. The maximum absolute atomic E-state index is 4.68. The van der Waals surface area contributed by atoms with E-state index >= 15 is 0 Å². The molecule has 0 radical (unpaired) electrons. The average molecular weight is 294 g/mol. The Morgan fingerprint density at radius 2 is 2.20 bits per heavy atom. The number of hydrogen-bond donors (Lipinski definition) is 1. The van der Waals surface area contributed by atoms with Crippen molar-refractivity contribution in [2.45, 2.75) is 52.2 Å². The summed E-state index contributed by atoms with van der Waals surface area (Å²) in [4.78, 5) is 11.5. The molecule has 1 unspecified atom stereocenters. The molecule has 0 aromatic carbocycles. The second kappa shape index (κ2) is 6.31. The highest BCUT2D eigenvalue weighted by molar-refractivity contribution is 7.99. The molecule has 1 fully saturated rings. The molecular formula is C15H26N4S. The second-order valence-electron chi connectivity index (χ2n) is 6.51. The maximum Gasteiger partial charge on any atom is 0.225 e. The molecule has 1 N–H and O–H groups in total. The highest BCUT2D eigenvalue weighted by Crippen LogP contribution is 2.24. The summed E-state index contributed by atoms with van der Waals surface area (Å²) in [5.74, 6) is 3.29. The summed E-state index contributed by atoms with van der Waals surface area (Å²) < 4.78 is 0. The van der Waals surface area contributed by atoms with E-state index in [1.807, 2.05) is 18.0 Å². The molecule has 0 bridgehead atoms. The number of aromatic nitrogens is 2. The molecule has 1 aromatic rings. The van der Waals surface area contributed by atoms with E-state index in [0.717, 1.165) is 18.2 Å². The molecule has 0 amide bonds. The normalized spacial score (nSPS) is 19.4. The van der Waals surface area contributed by atoms with Gasteiger partial charge in [0.05, 0.1) is 0 Å². The lowest BCUT2D eigenvalue weighted by Crippen LogP contribution is -2.36. The summed E-state index contributed by atoms with van der Waals surface area (Å²) in [5, 5.41) is 3.49.